The number of nitrogens with zero attached hydrogens (tertiary/aromatic N) is 2. The highest BCUT2D eigenvalue weighted by Gasteiger charge is 2.12. The summed E-state index contributed by atoms with van der Waals surface area (Å²) in [4.78, 5) is 10.9. The monoisotopic (exact) mass is 205 g/mol. The Labute approximate surface area is 86.3 Å². The van der Waals surface area contributed by atoms with E-state index >= 15 is 0 Å². The molecule has 15 heavy (non-hydrogen) atoms. The van der Waals surface area contributed by atoms with Gasteiger partial charge in [-0.05, 0) is 19.1 Å². The molecule has 0 atom stereocenters. The molecule has 0 saturated carbocycles. The number of hydrogen-bond acceptors (Lipinski definition) is 3. The van der Waals surface area contributed by atoms with E-state index in [0.29, 0.717) is 17.9 Å². The zero-order valence-electron chi connectivity index (χ0n) is 8.27. The Hall–Kier alpha value is -2.04. The molecule has 1 aromatic carbocycles. The first-order valence-corrected chi connectivity index (χ1v) is 4.69. The van der Waals surface area contributed by atoms with Crippen LogP contribution in [0.5, 0.6) is 0 Å². The van der Waals surface area contributed by atoms with Gasteiger partial charge in [0.05, 0.1) is 5.52 Å². The summed E-state index contributed by atoms with van der Waals surface area (Å²) in [5.74, 6) is 0.607. The quantitative estimate of drug-likeness (QED) is 0.786. The number of aromatic nitrogens is 2. The second-order valence-corrected chi connectivity index (χ2v) is 3.09. The van der Waals surface area contributed by atoms with Crippen LogP contribution < -0.4 is 5.32 Å². The molecule has 0 saturated heterocycles. The molecule has 0 unspecified atom stereocenters. The molecule has 1 aromatic heterocycles. The topological polar surface area (TPSA) is 67.2 Å². The summed E-state index contributed by atoms with van der Waals surface area (Å²) >= 11 is 0. The van der Waals surface area contributed by atoms with Crippen LogP contribution in [0.1, 0.15) is 6.92 Å². The van der Waals surface area contributed by atoms with Crippen molar-refractivity contribution in [3.05, 3.63) is 24.3 Å². The summed E-state index contributed by atoms with van der Waals surface area (Å²) in [6.45, 7) is 2.65. The zero-order valence-corrected chi connectivity index (χ0v) is 8.27. The fourth-order valence-corrected chi connectivity index (χ4v) is 1.51. The highest BCUT2D eigenvalue weighted by molar-refractivity contribution is 5.95. The van der Waals surface area contributed by atoms with Crippen LogP contribution in [0.25, 0.3) is 10.9 Å². The van der Waals surface area contributed by atoms with Gasteiger partial charge in [-0.3, -0.25) is 0 Å². The Morgan fingerprint density at radius 2 is 2.27 bits per heavy atom. The van der Waals surface area contributed by atoms with Gasteiger partial charge < -0.3 is 10.4 Å². The molecule has 0 amide bonds. The molecule has 0 aliphatic rings. The molecule has 78 valence electrons. The average molecular weight is 205 g/mol. The van der Waals surface area contributed by atoms with E-state index in [1.54, 1.807) is 12.1 Å². The summed E-state index contributed by atoms with van der Waals surface area (Å²) in [5.41, 5.74) is 0.598. The van der Waals surface area contributed by atoms with Gasteiger partial charge >= 0.3 is 6.09 Å². The Bertz CT molecular complexity index is 504. The highest BCUT2D eigenvalue weighted by atomic mass is 16.4. The first-order valence-electron chi connectivity index (χ1n) is 4.69. The van der Waals surface area contributed by atoms with Crippen molar-refractivity contribution in [3.8, 4) is 0 Å². The first kappa shape index (κ1) is 9.51. The van der Waals surface area contributed by atoms with E-state index in [4.69, 9.17) is 5.11 Å². The van der Waals surface area contributed by atoms with Crippen molar-refractivity contribution < 1.29 is 9.90 Å². The van der Waals surface area contributed by atoms with Crippen LogP contribution in [-0.2, 0) is 0 Å². The molecule has 0 aliphatic heterocycles. The number of carbonyl (C=O) groups is 1. The number of hydrogen-bond donors (Lipinski definition) is 2. The van der Waals surface area contributed by atoms with E-state index in [9.17, 15) is 4.79 Å². The van der Waals surface area contributed by atoms with Gasteiger partial charge in [-0.1, -0.05) is 12.1 Å². The van der Waals surface area contributed by atoms with Crippen molar-refractivity contribution in [2.45, 2.75) is 6.92 Å². The molecule has 0 fully saturated rings. The lowest BCUT2D eigenvalue weighted by Crippen LogP contribution is -2.10. The third kappa shape index (κ3) is 1.52. The van der Waals surface area contributed by atoms with Crippen LogP contribution in [0.4, 0.5) is 10.6 Å². The predicted molar refractivity (Wildman–Crippen MR) is 57.3 cm³/mol. The van der Waals surface area contributed by atoms with E-state index in [1.807, 2.05) is 19.1 Å². The summed E-state index contributed by atoms with van der Waals surface area (Å²) in [7, 11) is 0. The van der Waals surface area contributed by atoms with Crippen LogP contribution in [0.15, 0.2) is 24.3 Å². The van der Waals surface area contributed by atoms with Gasteiger partial charge in [0.15, 0.2) is 5.82 Å². The number of anilines is 1. The third-order valence-corrected chi connectivity index (χ3v) is 2.11. The molecule has 5 nitrogen and oxygen atoms in total. The number of rotatable bonds is 2. The van der Waals surface area contributed by atoms with Crippen LogP contribution >= 0.6 is 0 Å². The normalized spacial score (nSPS) is 10.5. The van der Waals surface area contributed by atoms with Gasteiger partial charge in [0, 0.05) is 11.9 Å². The van der Waals surface area contributed by atoms with Crippen LogP contribution in [0, 0.1) is 0 Å². The maximum Gasteiger partial charge on any atom is 0.432 e. The van der Waals surface area contributed by atoms with E-state index in [-0.39, 0.29) is 0 Å². The van der Waals surface area contributed by atoms with Crippen molar-refractivity contribution in [2.24, 2.45) is 0 Å². The minimum atomic E-state index is -1.07. The first-order chi connectivity index (χ1) is 7.24. The van der Waals surface area contributed by atoms with Gasteiger partial charge in [-0.25, -0.2) is 4.79 Å². The van der Waals surface area contributed by atoms with Crippen molar-refractivity contribution in [3.63, 3.8) is 0 Å². The largest absolute Gasteiger partial charge is 0.463 e. The summed E-state index contributed by atoms with van der Waals surface area (Å²) < 4.78 is 0.979. The van der Waals surface area contributed by atoms with E-state index < -0.39 is 6.09 Å². The fourth-order valence-electron chi connectivity index (χ4n) is 1.51. The molecule has 0 spiro atoms. The summed E-state index contributed by atoms with van der Waals surface area (Å²) in [6.07, 6.45) is -1.07. The molecule has 0 aliphatic carbocycles. The number of benzene rings is 1. The van der Waals surface area contributed by atoms with Gasteiger partial charge in [-0.15, -0.1) is 5.10 Å². The lowest BCUT2D eigenvalue weighted by atomic mass is 10.2. The molecule has 5 heteroatoms. The fraction of sp³-hybridized carbons (Fsp3) is 0.200. The van der Waals surface area contributed by atoms with Crippen molar-refractivity contribution in [1.82, 2.24) is 9.78 Å². The minimum Gasteiger partial charge on any atom is -0.463 e. The SMILES string of the molecule is CCNc1nn(C(=O)O)c2ccccc12. The van der Waals surface area contributed by atoms with Gasteiger partial charge in [-0.2, -0.15) is 4.68 Å². The summed E-state index contributed by atoms with van der Waals surface area (Å²) in [6, 6.07) is 7.23. The lowest BCUT2D eigenvalue weighted by Gasteiger charge is -1.96. The van der Waals surface area contributed by atoms with Gasteiger partial charge in [0.1, 0.15) is 0 Å². The lowest BCUT2D eigenvalue weighted by molar-refractivity contribution is 0.194. The van der Waals surface area contributed by atoms with Crippen LogP contribution in [-0.4, -0.2) is 27.5 Å². The van der Waals surface area contributed by atoms with Crippen molar-refractivity contribution in [1.29, 1.82) is 0 Å². The summed E-state index contributed by atoms with van der Waals surface area (Å²) in [5, 5.41) is 16.8. The predicted octanol–water partition coefficient (Wildman–Crippen LogP) is 1.99. The van der Waals surface area contributed by atoms with Gasteiger partial charge in [0.2, 0.25) is 0 Å². The maximum absolute atomic E-state index is 10.9. The average Bonchev–Trinajstić information content (AvgIpc) is 2.59. The second-order valence-electron chi connectivity index (χ2n) is 3.09. The van der Waals surface area contributed by atoms with E-state index in [2.05, 4.69) is 10.4 Å². The standard InChI is InChI=1S/C10H11N3O2/c1-2-11-9-7-5-3-4-6-8(7)13(12-9)10(14)15/h3-6H,2H2,1H3,(H,11,12)(H,14,15). The number of carboxylic acid groups (broad SMARTS) is 1. The minimum absolute atomic E-state index is 0.598. The second kappa shape index (κ2) is 3.61. The molecule has 0 bridgehead atoms. The Balaban J connectivity index is 2.67. The molecule has 2 N–H and O–H groups in total. The Morgan fingerprint density at radius 3 is 2.93 bits per heavy atom. The van der Waals surface area contributed by atoms with Crippen molar-refractivity contribution >= 4 is 22.8 Å². The highest BCUT2D eigenvalue weighted by Crippen LogP contribution is 2.21. The van der Waals surface area contributed by atoms with E-state index in [0.717, 1.165) is 10.1 Å². The van der Waals surface area contributed by atoms with Crippen LogP contribution in [0.2, 0.25) is 0 Å². The van der Waals surface area contributed by atoms with Crippen LogP contribution in [0.3, 0.4) is 0 Å². The maximum atomic E-state index is 10.9. The molecular weight excluding hydrogens is 194 g/mol. The molecule has 1 heterocycles. The van der Waals surface area contributed by atoms with Crippen molar-refractivity contribution in [2.75, 3.05) is 11.9 Å². The molecule has 2 aromatic rings. The number of fused-ring (bicyclic) bond motifs is 1. The Morgan fingerprint density at radius 1 is 1.53 bits per heavy atom. The number of nitrogens with one attached hydrogen (secondary N) is 1. The zero-order chi connectivity index (χ0) is 10.8. The van der Waals surface area contributed by atoms with E-state index in [1.165, 1.54) is 0 Å². The smallest absolute Gasteiger partial charge is 0.432 e. The third-order valence-electron chi connectivity index (χ3n) is 2.11. The molecular formula is C10H11N3O2. The number of para-hydroxylation sites is 1. The molecule has 0 radical (unpaired) electrons. The Kier molecular flexibility index (Phi) is 2.29. The molecule has 2 rings (SSSR count). The van der Waals surface area contributed by atoms with Gasteiger partial charge in [0.25, 0.3) is 0 Å².